The summed E-state index contributed by atoms with van der Waals surface area (Å²) < 4.78 is 12.0. The molecule has 0 radical (unpaired) electrons. The zero-order chi connectivity index (χ0) is 19.3. The van der Waals surface area contributed by atoms with Crippen molar-refractivity contribution in [3.8, 4) is 16.7 Å². The van der Waals surface area contributed by atoms with Gasteiger partial charge in [0.2, 0.25) is 0 Å². The summed E-state index contributed by atoms with van der Waals surface area (Å²) in [5.41, 5.74) is 2.72. The van der Waals surface area contributed by atoms with Crippen molar-refractivity contribution < 1.29 is 14.3 Å². The topological polar surface area (TPSA) is 60.5 Å². The van der Waals surface area contributed by atoms with Crippen molar-refractivity contribution in [1.82, 2.24) is 10.3 Å². The number of ether oxygens (including phenoxy) is 2. The monoisotopic (exact) mass is 394 g/mol. The van der Waals surface area contributed by atoms with Gasteiger partial charge in [-0.1, -0.05) is 48.6 Å². The quantitative estimate of drug-likeness (QED) is 0.629. The van der Waals surface area contributed by atoms with Gasteiger partial charge in [-0.05, 0) is 48.6 Å². The number of rotatable bonds is 6. The van der Waals surface area contributed by atoms with Gasteiger partial charge in [-0.25, -0.2) is 0 Å². The number of hydrogen-bond acceptors (Lipinski definition) is 5. The van der Waals surface area contributed by atoms with Crippen LogP contribution >= 0.6 is 11.3 Å². The summed E-state index contributed by atoms with van der Waals surface area (Å²) >= 11 is 1.32. The highest BCUT2D eigenvalue weighted by molar-refractivity contribution is 7.11. The molecule has 4 rings (SSSR count). The van der Waals surface area contributed by atoms with E-state index in [0.717, 1.165) is 30.6 Å². The first-order valence-electron chi connectivity index (χ1n) is 9.49. The van der Waals surface area contributed by atoms with Crippen LogP contribution in [0.25, 0.3) is 0 Å². The number of nitrogens with zero attached hydrogens (tertiary/aromatic N) is 1. The lowest BCUT2D eigenvalue weighted by molar-refractivity contribution is 0.0949. The second-order valence-corrected chi connectivity index (χ2v) is 7.50. The van der Waals surface area contributed by atoms with E-state index in [2.05, 4.69) is 22.4 Å². The number of nitrogens with one attached hydrogen (secondary N) is 1. The number of hydrogen-bond donors (Lipinski definition) is 1. The van der Waals surface area contributed by atoms with E-state index >= 15 is 0 Å². The van der Waals surface area contributed by atoms with Crippen LogP contribution in [0.4, 0.5) is 0 Å². The fourth-order valence-electron chi connectivity index (χ4n) is 3.17. The molecule has 1 aliphatic rings. The van der Waals surface area contributed by atoms with Crippen molar-refractivity contribution in [2.75, 3.05) is 6.54 Å². The minimum Gasteiger partial charge on any atom is -0.485 e. The van der Waals surface area contributed by atoms with Gasteiger partial charge in [-0.15, -0.1) is 0 Å². The van der Waals surface area contributed by atoms with E-state index in [1.54, 1.807) is 5.38 Å². The first-order valence-corrected chi connectivity index (χ1v) is 10.4. The minimum atomic E-state index is -0.168. The molecule has 3 aromatic rings. The zero-order valence-electron chi connectivity index (χ0n) is 15.7. The van der Waals surface area contributed by atoms with E-state index < -0.39 is 0 Å². The largest absolute Gasteiger partial charge is 0.485 e. The number of fused-ring (bicyclic) bond motifs is 1. The SMILES string of the molecule is CCCNC(=O)c1csc(Oc2ccc3c(c2)CC[C@@H](c2ccccc2)O3)n1. The Labute approximate surface area is 168 Å². The summed E-state index contributed by atoms with van der Waals surface area (Å²) in [6.45, 7) is 2.65. The van der Waals surface area contributed by atoms with Crippen molar-refractivity contribution in [2.24, 2.45) is 0 Å². The van der Waals surface area contributed by atoms with Gasteiger partial charge in [0.1, 0.15) is 23.3 Å². The number of amides is 1. The van der Waals surface area contributed by atoms with Gasteiger partial charge in [0, 0.05) is 11.9 Å². The third kappa shape index (κ3) is 4.17. The van der Waals surface area contributed by atoms with Crippen LogP contribution in [0.1, 0.15) is 47.5 Å². The smallest absolute Gasteiger partial charge is 0.279 e. The molecular weight excluding hydrogens is 372 g/mol. The first-order chi connectivity index (χ1) is 13.7. The summed E-state index contributed by atoms with van der Waals surface area (Å²) in [6, 6.07) is 16.1. The van der Waals surface area contributed by atoms with Crippen molar-refractivity contribution >= 4 is 17.2 Å². The molecule has 5 nitrogen and oxygen atoms in total. The first kappa shape index (κ1) is 18.5. The highest BCUT2D eigenvalue weighted by Crippen LogP contribution is 2.37. The van der Waals surface area contributed by atoms with E-state index in [0.29, 0.717) is 23.2 Å². The van der Waals surface area contributed by atoms with Gasteiger partial charge >= 0.3 is 0 Å². The third-order valence-corrected chi connectivity index (χ3v) is 5.32. The third-order valence-electron chi connectivity index (χ3n) is 4.60. The van der Waals surface area contributed by atoms with Crippen LogP contribution in [-0.2, 0) is 6.42 Å². The Hall–Kier alpha value is -2.86. The molecule has 0 fully saturated rings. The van der Waals surface area contributed by atoms with E-state index in [1.807, 2.05) is 43.3 Å². The Morgan fingerprint density at radius 2 is 2.14 bits per heavy atom. The van der Waals surface area contributed by atoms with Crippen molar-refractivity contribution in [1.29, 1.82) is 0 Å². The molecule has 1 amide bonds. The number of carbonyl (C=O) groups is 1. The Kier molecular flexibility index (Phi) is 5.58. The van der Waals surface area contributed by atoms with Crippen LogP contribution in [0.15, 0.2) is 53.9 Å². The molecule has 0 bridgehead atoms. The Bertz CT molecular complexity index is 955. The van der Waals surface area contributed by atoms with Crippen LogP contribution < -0.4 is 14.8 Å². The maximum Gasteiger partial charge on any atom is 0.279 e. The van der Waals surface area contributed by atoms with Crippen LogP contribution in [0, 0.1) is 0 Å². The Morgan fingerprint density at radius 1 is 1.29 bits per heavy atom. The molecule has 1 aromatic heterocycles. The van der Waals surface area contributed by atoms with Crippen LogP contribution in [0.5, 0.6) is 16.7 Å². The van der Waals surface area contributed by atoms with Gasteiger partial charge in [0.05, 0.1) is 0 Å². The van der Waals surface area contributed by atoms with Gasteiger partial charge in [0.15, 0.2) is 0 Å². The summed E-state index contributed by atoms with van der Waals surface area (Å²) in [7, 11) is 0. The van der Waals surface area contributed by atoms with E-state index in [1.165, 1.54) is 16.9 Å². The average molecular weight is 394 g/mol. The average Bonchev–Trinajstić information content (AvgIpc) is 3.21. The second kappa shape index (κ2) is 8.44. The number of carbonyl (C=O) groups excluding carboxylic acids is 1. The molecule has 0 saturated carbocycles. The predicted octanol–water partition coefficient (Wildman–Crippen LogP) is 5.14. The van der Waals surface area contributed by atoms with Crippen LogP contribution in [0.3, 0.4) is 0 Å². The molecule has 144 valence electrons. The lowest BCUT2D eigenvalue weighted by Crippen LogP contribution is -2.24. The van der Waals surface area contributed by atoms with E-state index in [9.17, 15) is 4.79 Å². The highest BCUT2D eigenvalue weighted by Gasteiger charge is 2.22. The number of aromatic nitrogens is 1. The molecule has 2 heterocycles. The molecular formula is C22H22N2O3S. The van der Waals surface area contributed by atoms with E-state index in [4.69, 9.17) is 9.47 Å². The Balaban J connectivity index is 1.43. The summed E-state index contributed by atoms with van der Waals surface area (Å²) in [6.07, 6.45) is 2.83. The number of benzene rings is 2. The molecule has 2 aromatic carbocycles. The van der Waals surface area contributed by atoms with Gasteiger partial charge in [-0.3, -0.25) is 4.79 Å². The number of aryl methyl sites for hydroxylation is 1. The standard InChI is InChI=1S/C22H22N2O3S/c1-2-12-23-21(25)18-14-28-22(24-18)26-17-9-11-20-16(13-17)8-10-19(27-20)15-6-4-3-5-7-15/h3-7,9,11,13-14,19H,2,8,10,12H2,1H3,(H,23,25)/t19-/m0/s1. The normalized spacial score (nSPS) is 15.4. The van der Waals surface area contributed by atoms with E-state index in [-0.39, 0.29) is 12.0 Å². The number of thiazole rings is 1. The minimum absolute atomic E-state index is 0.0867. The summed E-state index contributed by atoms with van der Waals surface area (Å²) in [5, 5.41) is 4.99. The molecule has 0 saturated heterocycles. The molecule has 28 heavy (non-hydrogen) atoms. The lowest BCUT2D eigenvalue weighted by Gasteiger charge is -2.26. The van der Waals surface area contributed by atoms with Crippen molar-refractivity contribution in [2.45, 2.75) is 32.3 Å². The molecule has 1 N–H and O–H groups in total. The maximum atomic E-state index is 12.0. The Morgan fingerprint density at radius 3 is 2.96 bits per heavy atom. The highest BCUT2D eigenvalue weighted by atomic mass is 32.1. The summed E-state index contributed by atoms with van der Waals surface area (Å²) in [4.78, 5) is 16.2. The van der Waals surface area contributed by atoms with Crippen LogP contribution in [-0.4, -0.2) is 17.4 Å². The lowest BCUT2D eigenvalue weighted by atomic mass is 9.97. The molecule has 0 unspecified atom stereocenters. The van der Waals surface area contributed by atoms with Crippen molar-refractivity contribution in [3.05, 3.63) is 70.7 Å². The van der Waals surface area contributed by atoms with Gasteiger partial charge in [-0.2, -0.15) is 4.98 Å². The zero-order valence-corrected chi connectivity index (χ0v) is 16.5. The summed E-state index contributed by atoms with van der Waals surface area (Å²) in [5.74, 6) is 1.43. The second-order valence-electron chi connectivity index (χ2n) is 6.68. The molecule has 1 aliphatic heterocycles. The van der Waals surface area contributed by atoms with Gasteiger partial charge in [0.25, 0.3) is 11.1 Å². The maximum absolute atomic E-state index is 12.0. The fourth-order valence-corrected chi connectivity index (χ4v) is 3.84. The molecule has 6 heteroatoms. The molecule has 0 aliphatic carbocycles. The molecule has 0 spiro atoms. The predicted molar refractivity (Wildman–Crippen MR) is 109 cm³/mol. The fraction of sp³-hybridized carbons (Fsp3) is 0.273. The van der Waals surface area contributed by atoms with Crippen molar-refractivity contribution in [3.63, 3.8) is 0 Å². The molecule has 1 atom stereocenters. The van der Waals surface area contributed by atoms with Gasteiger partial charge < -0.3 is 14.8 Å². The van der Waals surface area contributed by atoms with Crippen LogP contribution in [0.2, 0.25) is 0 Å².